The summed E-state index contributed by atoms with van der Waals surface area (Å²) in [5, 5.41) is 12.9. The highest BCUT2D eigenvalue weighted by Crippen LogP contribution is 2.34. The lowest BCUT2D eigenvalue weighted by molar-refractivity contribution is -0.138. The molecule has 0 fully saturated rings. The third-order valence-corrected chi connectivity index (χ3v) is 7.15. The Hall–Kier alpha value is -4.24. The van der Waals surface area contributed by atoms with Crippen LogP contribution in [0, 0.1) is 0 Å². The molecule has 16 heteroatoms. The van der Waals surface area contributed by atoms with Crippen molar-refractivity contribution >= 4 is 40.9 Å². The zero-order valence-electron chi connectivity index (χ0n) is 22.6. The Bertz CT molecular complexity index is 1640. The predicted octanol–water partition coefficient (Wildman–Crippen LogP) is 7.02. The quantitative estimate of drug-likeness (QED) is 0.141. The predicted molar refractivity (Wildman–Crippen MR) is 151 cm³/mol. The van der Waals surface area contributed by atoms with E-state index in [1.807, 2.05) is 0 Å². The number of nitrogens with one attached hydrogen (secondary N) is 2. The van der Waals surface area contributed by atoms with Crippen LogP contribution in [0.25, 0.3) is 5.69 Å². The molecule has 1 heterocycles. The highest BCUT2D eigenvalue weighted by molar-refractivity contribution is 7.99. The lowest BCUT2D eigenvalue weighted by Crippen LogP contribution is -2.27. The number of carbonyl (C=O) groups excluding carboxylic acids is 2. The van der Waals surface area contributed by atoms with Gasteiger partial charge in [0.25, 0.3) is 5.91 Å². The molecule has 2 amide bonds. The molecule has 4 aromatic rings. The van der Waals surface area contributed by atoms with Gasteiger partial charge in [0.15, 0.2) is 11.0 Å². The fourth-order valence-electron chi connectivity index (χ4n) is 3.92. The molecule has 0 unspecified atom stereocenters. The maximum atomic E-state index is 13.4. The Morgan fingerprint density at radius 1 is 0.955 bits per heavy atom. The van der Waals surface area contributed by atoms with Gasteiger partial charge in [-0.1, -0.05) is 35.5 Å². The first kappa shape index (κ1) is 32.7. The second-order valence-corrected chi connectivity index (χ2v) is 10.3. The molecule has 0 saturated carbocycles. The summed E-state index contributed by atoms with van der Waals surface area (Å²) >= 11 is 6.84. The van der Waals surface area contributed by atoms with Crippen molar-refractivity contribution in [2.45, 2.75) is 31.0 Å². The Morgan fingerprint density at radius 3 is 2.32 bits per heavy atom. The number of hydrogen-bond acceptors (Lipinski definition) is 6. The van der Waals surface area contributed by atoms with Crippen LogP contribution in [-0.2, 0) is 23.7 Å². The van der Waals surface area contributed by atoms with E-state index >= 15 is 0 Å². The van der Waals surface area contributed by atoms with Gasteiger partial charge in [-0.25, -0.2) is 0 Å². The molecule has 0 aliphatic heterocycles. The van der Waals surface area contributed by atoms with Crippen LogP contribution in [0.2, 0.25) is 5.02 Å². The zero-order valence-corrected chi connectivity index (χ0v) is 24.2. The van der Waals surface area contributed by atoms with Crippen LogP contribution in [0.5, 0.6) is 5.75 Å². The second kappa shape index (κ2) is 13.6. The number of carbonyl (C=O) groups is 2. The van der Waals surface area contributed by atoms with Crippen molar-refractivity contribution in [3.05, 3.63) is 94.3 Å². The fraction of sp³-hybridized carbons (Fsp3) is 0.214. The second-order valence-electron chi connectivity index (χ2n) is 8.92. The van der Waals surface area contributed by atoms with E-state index in [1.54, 1.807) is 31.2 Å². The van der Waals surface area contributed by atoms with E-state index in [9.17, 15) is 35.9 Å². The summed E-state index contributed by atoms with van der Waals surface area (Å²) < 4.78 is 86.5. The number of aromatic nitrogens is 3. The van der Waals surface area contributed by atoms with Gasteiger partial charge in [0.05, 0.1) is 46.3 Å². The van der Waals surface area contributed by atoms with E-state index in [-0.39, 0.29) is 34.0 Å². The SMILES string of the molecule is CCOc1ccc(-n2c(CNC(=O)c3ccccc3C(F)(F)F)nnc2SCC(=O)Nc2cc(C(F)(F)F)ccc2Cl)cc1. The molecule has 232 valence electrons. The van der Waals surface area contributed by atoms with Crippen LogP contribution in [-0.4, -0.2) is 38.9 Å². The number of rotatable bonds is 10. The molecule has 0 atom stereocenters. The van der Waals surface area contributed by atoms with Crippen LogP contribution in [0.4, 0.5) is 32.0 Å². The topological polar surface area (TPSA) is 98.1 Å². The molecule has 2 N–H and O–H groups in total. The first-order valence-electron chi connectivity index (χ1n) is 12.7. The summed E-state index contributed by atoms with van der Waals surface area (Å²) in [6, 6.07) is 13.4. The number of benzene rings is 3. The van der Waals surface area contributed by atoms with Crippen LogP contribution in [0.15, 0.2) is 71.9 Å². The third kappa shape index (κ3) is 8.02. The van der Waals surface area contributed by atoms with Gasteiger partial charge in [0.2, 0.25) is 5.91 Å². The number of amides is 2. The van der Waals surface area contributed by atoms with Gasteiger partial charge in [-0.15, -0.1) is 10.2 Å². The molecule has 8 nitrogen and oxygen atoms in total. The highest BCUT2D eigenvalue weighted by Gasteiger charge is 2.35. The highest BCUT2D eigenvalue weighted by atomic mass is 35.5. The summed E-state index contributed by atoms with van der Waals surface area (Å²) in [7, 11) is 0. The number of hydrogen-bond donors (Lipinski definition) is 2. The van der Waals surface area contributed by atoms with E-state index in [4.69, 9.17) is 16.3 Å². The standard InChI is InChI=1S/C28H22ClF6N5O3S/c1-2-43-18-10-8-17(9-11-18)40-23(14-36-25(42)19-5-3-4-6-20(19)28(33,34)35)38-39-26(40)44-15-24(41)37-22-13-16(27(30,31)32)7-12-21(22)29/h3-13H,2,14-15H2,1H3,(H,36,42)(H,37,41). The Morgan fingerprint density at radius 2 is 1.66 bits per heavy atom. The fourth-order valence-corrected chi connectivity index (χ4v) is 4.86. The van der Waals surface area contributed by atoms with Crippen LogP contribution in [0.1, 0.15) is 34.2 Å². The molecule has 0 spiro atoms. The maximum Gasteiger partial charge on any atom is 0.417 e. The Kier molecular flexibility index (Phi) is 10.1. The molecule has 0 aliphatic rings. The number of alkyl halides is 6. The summed E-state index contributed by atoms with van der Waals surface area (Å²) in [5.41, 5.74) is -2.44. The van der Waals surface area contributed by atoms with Gasteiger partial charge in [-0.3, -0.25) is 14.2 Å². The van der Waals surface area contributed by atoms with Crippen molar-refractivity contribution in [1.29, 1.82) is 0 Å². The van der Waals surface area contributed by atoms with Crippen LogP contribution >= 0.6 is 23.4 Å². The zero-order chi connectivity index (χ0) is 32.1. The molecule has 1 aromatic heterocycles. The van der Waals surface area contributed by atoms with Crippen molar-refractivity contribution in [3.8, 4) is 11.4 Å². The Balaban J connectivity index is 1.55. The molecule has 4 rings (SSSR count). The maximum absolute atomic E-state index is 13.4. The van der Waals surface area contributed by atoms with Crippen molar-refractivity contribution in [2.24, 2.45) is 0 Å². The lowest BCUT2D eigenvalue weighted by Gasteiger charge is -2.14. The summed E-state index contributed by atoms with van der Waals surface area (Å²) in [4.78, 5) is 25.4. The van der Waals surface area contributed by atoms with Gasteiger partial charge >= 0.3 is 12.4 Å². The molecule has 3 aromatic carbocycles. The third-order valence-electron chi connectivity index (χ3n) is 5.89. The van der Waals surface area contributed by atoms with Crippen LogP contribution in [0.3, 0.4) is 0 Å². The number of thioether (sulfide) groups is 1. The number of anilines is 1. The van der Waals surface area contributed by atoms with E-state index in [0.29, 0.717) is 24.1 Å². The van der Waals surface area contributed by atoms with Crippen LogP contribution < -0.4 is 15.4 Å². The molecular formula is C28H22ClF6N5O3S. The molecule has 0 saturated heterocycles. The average Bonchev–Trinajstić information content (AvgIpc) is 3.38. The Labute approximate surface area is 255 Å². The minimum absolute atomic E-state index is 0.0981. The molecule has 0 aliphatic carbocycles. The van der Waals surface area contributed by atoms with Gasteiger partial charge < -0.3 is 15.4 Å². The van der Waals surface area contributed by atoms with E-state index in [2.05, 4.69) is 20.8 Å². The van der Waals surface area contributed by atoms with Gasteiger partial charge in [-0.2, -0.15) is 26.3 Å². The lowest BCUT2D eigenvalue weighted by atomic mass is 10.1. The summed E-state index contributed by atoms with van der Waals surface area (Å²) in [6.45, 7) is 1.88. The summed E-state index contributed by atoms with van der Waals surface area (Å²) in [5.74, 6) is -1.35. The molecule has 0 radical (unpaired) electrons. The molecule has 44 heavy (non-hydrogen) atoms. The van der Waals surface area contributed by atoms with Gasteiger partial charge in [0.1, 0.15) is 5.75 Å². The van der Waals surface area contributed by atoms with E-state index < -0.39 is 40.9 Å². The molecular weight excluding hydrogens is 636 g/mol. The molecule has 0 bridgehead atoms. The van der Waals surface area contributed by atoms with Gasteiger partial charge in [0, 0.05) is 5.69 Å². The van der Waals surface area contributed by atoms with Crippen molar-refractivity contribution in [2.75, 3.05) is 17.7 Å². The first-order valence-corrected chi connectivity index (χ1v) is 14.1. The minimum Gasteiger partial charge on any atom is -0.494 e. The first-order chi connectivity index (χ1) is 20.8. The minimum atomic E-state index is -4.75. The average molecular weight is 658 g/mol. The smallest absolute Gasteiger partial charge is 0.417 e. The monoisotopic (exact) mass is 657 g/mol. The number of halogens is 7. The largest absolute Gasteiger partial charge is 0.494 e. The number of ether oxygens (including phenoxy) is 1. The number of nitrogens with zero attached hydrogens (tertiary/aromatic N) is 3. The van der Waals surface area contributed by atoms with Crippen molar-refractivity contribution in [1.82, 2.24) is 20.1 Å². The van der Waals surface area contributed by atoms with E-state index in [1.165, 1.54) is 16.7 Å². The van der Waals surface area contributed by atoms with Gasteiger partial charge in [-0.05, 0) is 61.5 Å². The normalized spacial score (nSPS) is 11.7. The summed E-state index contributed by atoms with van der Waals surface area (Å²) in [6.07, 6.45) is -9.40. The van der Waals surface area contributed by atoms with E-state index in [0.717, 1.165) is 36.0 Å². The van der Waals surface area contributed by atoms with Crippen molar-refractivity contribution < 1.29 is 40.7 Å². The van der Waals surface area contributed by atoms with Crippen molar-refractivity contribution in [3.63, 3.8) is 0 Å².